The highest BCUT2D eigenvalue weighted by Gasteiger charge is 2.13. The number of hydrogen-bond donors (Lipinski definition) is 3. The number of amides is 2. The van der Waals surface area contributed by atoms with Gasteiger partial charge < -0.3 is 25.2 Å². The van der Waals surface area contributed by atoms with E-state index in [1.807, 2.05) is 48.5 Å². The number of anilines is 1. The molecule has 216 valence electrons. The lowest BCUT2D eigenvalue weighted by molar-refractivity contribution is -0.137. The Kier molecular flexibility index (Phi) is 11.1. The predicted octanol–water partition coefficient (Wildman–Crippen LogP) is 6.47. The number of hydrogen-bond acceptors (Lipinski definition) is 5. The summed E-state index contributed by atoms with van der Waals surface area (Å²) in [4.78, 5) is 36.5. The van der Waals surface area contributed by atoms with Crippen molar-refractivity contribution in [3.63, 3.8) is 0 Å². The molecule has 42 heavy (non-hydrogen) atoms. The average molecular weight is 567 g/mol. The van der Waals surface area contributed by atoms with Gasteiger partial charge in [-0.2, -0.15) is 0 Å². The fourth-order valence-corrected chi connectivity index (χ4v) is 4.19. The van der Waals surface area contributed by atoms with Crippen LogP contribution in [0.5, 0.6) is 11.5 Å². The number of ether oxygens (including phenoxy) is 2. The molecule has 0 aliphatic carbocycles. The van der Waals surface area contributed by atoms with E-state index in [1.54, 1.807) is 54.6 Å². The number of nitrogens with one attached hydrogen (secondary N) is 2. The molecule has 0 spiro atoms. The molecule has 0 unspecified atom stereocenters. The Hall–Kier alpha value is -5.11. The Labute approximate surface area is 245 Å². The van der Waals surface area contributed by atoms with Crippen LogP contribution < -0.4 is 20.1 Å². The van der Waals surface area contributed by atoms with Crippen molar-refractivity contribution < 1.29 is 29.0 Å². The molecule has 8 heteroatoms. The SMILES string of the molecule is O=C(O)CCCCCOc1ccccc1NC(=O)c1ccc(CNC(=O)c2ccccc2OCc2ccccc2)cc1. The molecule has 2 amide bonds. The highest BCUT2D eigenvalue weighted by atomic mass is 16.5. The molecular formula is C34H34N2O6. The first-order chi connectivity index (χ1) is 20.5. The van der Waals surface area contributed by atoms with Crippen molar-refractivity contribution >= 4 is 23.5 Å². The second-order valence-electron chi connectivity index (χ2n) is 9.65. The van der Waals surface area contributed by atoms with Crippen LogP contribution in [0.1, 0.15) is 57.5 Å². The van der Waals surface area contributed by atoms with E-state index in [-0.39, 0.29) is 24.8 Å². The number of unbranched alkanes of at least 4 members (excludes halogenated alkanes) is 2. The molecule has 0 aliphatic rings. The standard InChI is InChI=1S/C34H34N2O6/c37-32(38)17-5-2-10-22-41-31-16-9-7-14-29(31)36-33(39)27-20-18-25(19-21-27)23-35-34(40)28-13-6-8-15-30(28)42-24-26-11-3-1-4-12-26/h1,3-4,6-9,11-16,18-21H,2,5,10,17,22-24H2,(H,35,40)(H,36,39)(H,37,38). The molecule has 4 aromatic carbocycles. The quantitative estimate of drug-likeness (QED) is 0.142. The summed E-state index contributed by atoms with van der Waals surface area (Å²) in [5.41, 5.74) is 3.32. The van der Waals surface area contributed by atoms with Crippen LogP contribution >= 0.6 is 0 Å². The van der Waals surface area contributed by atoms with Gasteiger partial charge >= 0.3 is 5.97 Å². The summed E-state index contributed by atoms with van der Waals surface area (Å²) in [5.74, 6) is -0.274. The van der Waals surface area contributed by atoms with E-state index in [2.05, 4.69) is 10.6 Å². The molecule has 0 heterocycles. The fourth-order valence-electron chi connectivity index (χ4n) is 4.19. The second-order valence-corrected chi connectivity index (χ2v) is 9.65. The van der Waals surface area contributed by atoms with Crippen molar-refractivity contribution in [2.75, 3.05) is 11.9 Å². The third kappa shape index (κ3) is 9.23. The van der Waals surface area contributed by atoms with Gasteiger partial charge in [-0.05, 0) is 66.8 Å². The minimum absolute atomic E-state index is 0.149. The minimum Gasteiger partial charge on any atom is -0.491 e. The number of para-hydroxylation sites is 3. The Morgan fingerprint density at radius 1 is 0.643 bits per heavy atom. The minimum atomic E-state index is -0.798. The molecule has 0 fully saturated rings. The van der Waals surface area contributed by atoms with Gasteiger partial charge in [0.2, 0.25) is 0 Å². The summed E-state index contributed by atoms with van der Waals surface area (Å²) in [5, 5.41) is 14.5. The lowest BCUT2D eigenvalue weighted by Gasteiger charge is -2.13. The Morgan fingerprint density at radius 2 is 1.33 bits per heavy atom. The number of aliphatic carboxylic acids is 1. The molecule has 4 rings (SSSR count). The van der Waals surface area contributed by atoms with E-state index < -0.39 is 5.97 Å². The van der Waals surface area contributed by atoms with Crippen LogP contribution in [0, 0.1) is 0 Å². The third-order valence-electron chi connectivity index (χ3n) is 6.47. The summed E-state index contributed by atoms with van der Waals surface area (Å²) in [6.45, 7) is 1.08. The Balaban J connectivity index is 1.27. The van der Waals surface area contributed by atoms with Crippen LogP contribution in [0.4, 0.5) is 5.69 Å². The lowest BCUT2D eigenvalue weighted by atomic mass is 10.1. The van der Waals surface area contributed by atoms with Crippen LogP contribution in [0.25, 0.3) is 0 Å². The average Bonchev–Trinajstić information content (AvgIpc) is 3.02. The van der Waals surface area contributed by atoms with E-state index in [9.17, 15) is 14.4 Å². The van der Waals surface area contributed by atoms with Gasteiger partial charge in [-0.25, -0.2) is 0 Å². The van der Waals surface area contributed by atoms with Crippen molar-refractivity contribution in [2.45, 2.75) is 38.8 Å². The van der Waals surface area contributed by atoms with Crippen molar-refractivity contribution in [1.82, 2.24) is 5.32 Å². The summed E-state index contributed by atoms with van der Waals surface area (Å²) >= 11 is 0. The summed E-state index contributed by atoms with van der Waals surface area (Å²) in [7, 11) is 0. The summed E-state index contributed by atoms with van der Waals surface area (Å²) in [6, 6.07) is 31.1. The topological polar surface area (TPSA) is 114 Å². The number of carboxylic acid groups (broad SMARTS) is 1. The molecule has 0 aliphatic heterocycles. The Bertz CT molecular complexity index is 1470. The van der Waals surface area contributed by atoms with E-state index in [4.69, 9.17) is 14.6 Å². The van der Waals surface area contributed by atoms with Crippen molar-refractivity contribution in [3.05, 3.63) is 125 Å². The zero-order valence-electron chi connectivity index (χ0n) is 23.3. The molecule has 8 nitrogen and oxygen atoms in total. The predicted molar refractivity (Wildman–Crippen MR) is 161 cm³/mol. The molecule has 4 aromatic rings. The van der Waals surface area contributed by atoms with Gasteiger partial charge in [-0.1, -0.05) is 66.7 Å². The first-order valence-corrected chi connectivity index (χ1v) is 13.9. The van der Waals surface area contributed by atoms with Crippen LogP contribution in [0.15, 0.2) is 103 Å². The second kappa shape index (κ2) is 15.6. The van der Waals surface area contributed by atoms with Crippen molar-refractivity contribution in [3.8, 4) is 11.5 Å². The maximum atomic E-state index is 12.9. The number of carbonyl (C=O) groups is 3. The smallest absolute Gasteiger partial charge is 0.303 e. The maximum Gasteiger partial charge on any atom is 0.303 e. The van der Waals surface area contributed by atoms with Crippen molar-refractivity contribution in [1.29, 1.82) is 0 Å². The van der Waals surface area contributed by atoms with Crippen LogP contribution in [0.3, 0.4) is 0 Å². The van der Waals surface area contributed by atoms with E-state index in [0.717, 1.165) is 24.0 Å². The molecular weight excluding hydrogens is 532 g/mol. The highest BCUT2D eigenvalue weighted by molar-refractivity contribution is 6.05. The third-order valence-corrected chi connectivity index (χ3v) is 6.47. The first kappa shape index (κ1) is 29.9. The monoisotopic (exact) mass is 566 g/mol. The molecule has 0 bridgehead atoms. The number of benzene rings is 4. The highest BCUT2D eigenvalue weighted by Crippen LogP contribution is 2.25. The van der Waals surface area contributed by atoms with E-state index in [0.29, 0.717) is 47.9 Å². The lowest BCUT2D eigenvalue weighted by Crippen LogP contribution is -2.23. The zero-order chi connectivity index (χ0) is 29.6. The van der Waals surface area contributed by atoms with E-state index >= 15 is 0 Å². The first-order valence-electron chi connectivity index (χ1n) is 13.9. The molecule has 0 radical (unpaired) electrons. The molecule has 0 saturated heterocycles. The van der Waals surface area contributed by atoms with Gasteiger partial charge in [0, 0.05) is 18.5 Å². The number of rotatable bonds is 15. The number of carbonyl (C=O) groups excluding carboxylic acids is 2. The van der Waals surface area contributed by atoms with Gasteiger partial charge in [0.15, 0.2) is 0 Å². The van der Waals surface area contributed by atoms with Gasteiger partial charge in [0.05, 0.1) is 17.9 Å². The van der Waals surface area contributed by atoms with E-state index in [1.165, 1.54) is 0 Å². The van der Waals surface area contributed by atoms with Crippen LogP contribution in [-0.4, -0.2) is 29.5 Å². The zero-order valence-corrected chi connectivity index (χ0v) is 23.3. The van der Waals surface area contributed by atoms with Crippen LogP contribution in [0.2, 0.25) is 0 Å². The summed E-state index contributed by atoms with van der Waals surface area (Å²) in [6.07, 6.45) is 2.23. The van der Waals surface area contributed by atoms with Gasteiger partial charge in [0.1, 0.15) is 18.1 Å². The van der Waals surface area contributed by atoms with Crippen LogP contribution in [-0.2, 0) is 17.9 Å². The molecule has 3 N–H and O–H groups in total. The van der Waals surface area contributed by atoms with Crippen molar-refractivity contribution in [2.24, 2.45) is 0 Å². The largest absolute Gasteiger partial charge is 0.491 e. The molecule has 0 aromatic heterocycles. The fraction of sp³-hybridized carbons (Fsp3) is 0.206. The maximum absolute atomic E-state index is 12.9. The molecule has 0 saturated carbocycles. The molecule has 0 atom stereocenters. The van der Waals surface area contributed by atoms with Gasteiger partial charge in [-0.15, -0.1) is 0 Å². The normalized spacial score (nSPS) is 10.5. The van der Waals surface area contributed by atoms with Gasteiger partial charge in [0.25, 0.3) is 11.8 Å². The summed E-state index contributed by atoms with van der Waals surface area (Å²) < 4.78 is 11.7. The van der Waals surface area contributed by atoms with Gasteiger partial charge in [-0.3, -0.25) is 14.4 Å². The Morgan fingerprint density at radius 3 is 2.10 bits per heavy atom. The number of carboxylic acids is 1.